The summed E-state index contributed by atoms with van der Waals surface area (Å²) in [6.45, 7) is 3.13. The van der Waals surface area contributed by atoms with E-state index < -0.39 is 0 Å². The molecule has 0 bridgehead atoms. The molecular weight excluding hydrogens is 296 g/mol. The first kappa shape index (κ1) is 14.5. The van der Waals surface area contributed by atoms with Gasteiger partial charge in [-0.25, -0.2) is 4.98 Å². The fraction of sp³-hybridized carbons (Fsp3) is 0.312. The number of nitriles is 1. The van der Waals surface area contributed by atoms with E-state index in [-0.39, 0.29) is 17.7 Å². The van der Waals surface area contributed by atoms with E-state index in [1.807, 2.05) is 37.3 Å². The molecule has 0 radical (unpaired) electrons. The second-order valence-corrected chi connectivity index (χ2v) is 6.50. The maximum absolute atomic E-state index is 12.4. The largest absolute Gasteiger partial charge is 0.310 e. The predicted molar refractivity (Wildman–Crippen MR) is 86.0 cm³/mol. The Morgan fingerprint density at radius 2 is 2.18 bits per heavy atom. The maximum atomic E-state index is 12.4. The number of anilines is 1. The number of hydrogen-bond donors (Lipinski definition) is 1. The molecular formula is C16H16N4OS. The van der Waals surface area contributed by atoms with Gasteiger partial charge in [0.1, 0.15) is 0 Å². The zero-order valence-corrected chi connectivity index (χ0v) is 13.0. The third kappa shape index (κ3) is 2.95. The Balaban J connectivity index is 1.68. The van der Waals surface area contributed by atoms with Gasteiger partial charge in [0.25, 0.3) is 0 Å². The third-order valence-corrected chi connectivity index (χ3v) is 4.85. The molecule has 6 heteroatoms. The Bertz CT molecular complexity index is 706. The minimum absolute atomic E-state index is 0.0563. The van der Waals surface area contributed by atoms with Gasteiger partial charge in [0.15, 0.2) is 11.3 Å². The van der Waals surface area contributed by atoms with Crippen molar-refractivity contribution in [2.75, 3.05) is 18.4 Å². The molecule has 0 aliphatic carbocycles. The van der Waals surface area contributed by atoms with E-state index in [0.717, 1.165) is 10.4 Å². The third-order valence-electron chi connectivity index (χ3n) is 3.88. The zero-order chi connectivity index (χ0) is 15.5. The summed E-state index contributed by atoms with van der Waals surface area (Å²) in [7, 11) is 0. The highest BCUT2D eigenvalue weighted by atomic mass is 32.1. The smallest absolute Gasteiger partial charge is 0.231 e. The van der Waals surface area contributed by atoms with Gasteiger partial charge in [-0.2, -0.15) is 5.26 Å². The molecule has 1 aromatic carbocycles. The number of thiazole rings is 1. The van der Waals surface area contributed by atoms with Crippen LogP contribution in [0.4, 0.5) is 5.13 Å². The number of benzene rings is 1. The number of rotatable bonds is 3. The first-order chi connectivity index (χ1) is 10.7. The molecule has 1 aromatic heterocycles. The topological polar surface area (TPSA) is 69.0 Å². The van der Waals surface area contributed by atoms with Gasteiger partial charge in [0.2, 0.25) is 5.91 Å². The van der Waals surface area contributed by atoms with Crippen LogP contribution in [0.15, 0.2) is 36.5 Å². The number of aromatic nitrogens is 1. The van der Waals surface area contributed by atoms with Crippen LogP contribution >= 0.6 is 11.3 Å². The van der Waals surface area contributed by atoms with E-state index in [1.54, 1.807) is 11.1 Å². The van der Waals surface area contributed by atoms with Crippen LogP contribution in [0.3, 0.4) is 0 Å². The molecule has 0 unspecified atom stereocenters. The van der Waals surface area contributed by atoms with Gasteiger partial charge in [-0.3, -0.25) is 4.79 Å². The van der Waals surface area contributed by atoms with Gasteiger partial charge in [0.05, 0.1) is 10.8 Å². The van der Waals surface area contributed by atoms with Crippen molar-refractivity contribution >= 4 is 22.4 Å². The Morgan fingerprint density at radius 1 is 1.41 bits per heavy atom. The number of hydrogen-bond acceptors (Lipinski definition) is 5. The Morgan fingerprint density at radius 3 is 2.86 bits per heavy atom. The lowest BCUT2D eigenvalue weighted by Crippen LogP contribution is -2.27. The van der Waals surface area contributed by atoms with Crippen LogP contribution in [0.1, 0.15) is 6.92 Å². The van der Waals surface area contributed by atoms with Gasteiger partial charge >= 0.3 is 0 Å². The highest BCUT2D eigenvalue weighted by molar-refractivity contribution is 7.19. The number of carbonyl (C=O) groups excluding carboxylic acids is 1. The SMILES string of the molecule is C[C@@H]1CN(C#N)C[C@H]1C(=O)Nc1ncc(-c2ccccc2)s1. The van der Waals surface area contributed by atoms with Crippen LogP contribution in [-0.4, -0.2) is 28.9 Å². The second-order valence-electron chi connectivity index (χ2n) is 5.47. The lowest BCUT2D eigenvalue weighted by atomic mass is 9.97. The number of carbonyl (C=O) groups is 1. The monoisotopic (exact) mass is 312 g/mol. The fourth-order valence-electron chi connectivity index (χ4n) is 2.66. The van der Waals surface area contributed by atoms with Crippen molar-refractivity contribution in [1.82, 2.24) is 9.88 Å². The molecule has 1 aliphatic heterocycles. The van der Waals surface area contributed by atoms with Crippen LogP contribution in [0.2, 0.25) is 0 Å². The van der Waals surface area contributed by atoms with Crippen molar-refractivity contribution in [2.24, 2.45) is 11.8 Å². The first-order valence-electron chi connectivity index (χ1n) is 7.14. The van der Waals surface area contributed by atoms with Crippen molar-refractivity contribution in [3.05, 3.63) is 36.5 Å². The molecule has 0 spiro atoms. The van der Waals surface area contributed by atoms with E-state index in [1.165, 1.54) is 11.3 Å². The Kier molecular flexibility index (Phi) is 4.07. The average molecular weight is 312 g/mol. The van der Waals surface area contributed by atoms with E-state index >= 15 is 0 Å². The number of nitrogens with one attached hydrogen (secondary N) is 1. The summed E-state index contributed by atoms with van der Waals surface area (Å²) in [6.07, 6.45) is 3.88. The van der Waals surface area contributed by atoms with Crippen LogP contribution in [-0.2, 0) is 4.79 Å². The standard InChI is InChI=1S/C16H16N4OS/c1-11-8-20(10-17)9-13(11)15(21)19-16-18-7-14(22-16)12-5-3-2-4-6-12/h2-7,11,13H,8-9H2,1H3,(H,18,19,21)/t11-,13-/m1/s1. The van der Waals surface area contributed by atoms with Crippen LogP contribution in [0.25, 0.3) is 10.4 Å². The lowest BCUT2D eigenvalue weighted by molar-refractivity contribution is -0.120. The zero-order valence-electron chi connectivity index (χ0n) is 12.2. The van der Waals surface area contributed by atoms with E-state index in [2.05, 4.69) is 16.5 Å². The maximum Gasteiger partial charge on any atom is 0.231 e. The van der Waals surface area contributed by atoms with E-state index in [4.69, 9.17) is 5.26 Å². The minimum Gasteiger partial charge on any atom is -0.310 e. The predicted octanol–water partition coefficient (Wildman–Crippen LogP) is 2.80. The quantitative estimate of drug-likeness (QED) is 0.885. The highest BCUT2D eigenvalue weighted by Gasteiger charge is 2.34. The molecule has 1 amide bonds. The summed E-state index contributed by atoms with van der Waals surface area (Å²) in [5.74, 6) is -0.0452. The van der Waals surface area contributed by atoms with Crippen LogP contribution < -0.4 is 5.32 Å². The summed E-state index contributed by atoms with van der Waals surface area (Å²) in [4.78, 5) is 19.3. The first-order valence-corrected chi connectivity index (χ1v) is 7.96. The number of likely N-dealkylation sites (tertiary alicyclic amines) is 1. The molecule has 1 aliphatic rings. The van der Waals surface area contributed by atoms with Gasteiger partial charge in [-0.05, 0) is 11.5 Å². The van der Waals surface area contributed by atoms with Crippen LogP contribution in [0.5, 0.6) is 0 Å². The highest BCUT2D eigenvalue weighted by Crippen LogP contribution is 2.30. The Labute approximate surface area is 133 Å². The summed E-state index contributed by atoms with van der Waals surface area (Å²) < 4.78 is 0. The molecule has 1 fully saturated rings. The van der Waals surface area contributed by atoms with E-state index in [0.29, 0.717) is 18.2 Å². The van der Waals surface area contributed by atoms with Gasteiger partial charge < -0.3 is 10.2 Å². The molecule has 5 nitrogen and oxygen atoms in total. The molecule has 2 heterocycles. The van der Waals surface area contributed by atoms with Crippen molar-refractivity contribution in [2.45, 2.75) is 6.92 Å². The average Bonchev–Trinajstić information content (AvgIpc) is 3.14. The van der Waals surface area contributed by atoms with Crippen LogP contribution in [0, 0.1) is 23.3 Å². The van der Waals surface area contributed by atoms with E-state index in [9.17, 15) is 4.79 Å². The molecule has 2 atom stereocenters. The molecule has 1 saturated heterocycles. The lowest BCUT2D eigenvalue weighted by Gasteiger charge is -2.11. The summed E-state index contributed by atoms with van der Waals surface area (Å²) >= 11 is 1.46. The molecule has 2 aromatic rings. The van der Waals surface area contributed by atoms with Gasteiger partial charge in [-0.1, -0.05) is 48.6 Å². The minimum atomic E-state index is -0.163. The van der Waals surface area contributed by atoms with Gasteiger partial charge in [0, 0.05) is 19.3 Å². The fourth-order valence-corrected chi connectivity index (χ4v) is 3.48. The molecule has 22 heavy (non-hydrogen) atoms. The Hall–Kier alpha value is -2.39. The van der Waals surface area contributed by atoms with Crippen molar-refractivity contribution in [1.29, 1.82) is 5.26 Å². The van der Waals surface area contributed by atoms with Crippen molar-refractivity contribution in [3.63, 3.8) is 0 Å². The summed E-state index contributed by atoms with van der Waals surface area (Å²) in [5.41, 5.74) is 1.09. The number of nitrogens with zero attached hydrogens (tertiary/aromatic N) is 3. The van der Waals surface area contributed by atoms with Crippen molar-refractivity contribution in [3.8, 4) is 16.6 Å². The summed E-state index contributed by atoms with van der Waals surface area (Å²) in [5, 5.41) is 12.4. The number of amides is 1. The molecule has 112 valence electrons. The molecule has 1 N–H and O–H groups in total. The summed E-state index contributed by atoms with van der Waals surface area (Å²) in [6, 6.07) is 9.95. The van der Waals surface area contributed by atoms with Gasteiger partial charge in [-0.15, -0.1) is 0 Å². The van der Waals surface area contributed by atoms with Crippen molar-refractivity contribution < 1.29 is 4.79 Å². The second kappa shape index (κ2) is 6.16. The normalized spacial score (nSPS) is 20.6. The molecule has 3 rings (SSSR count). The molecule has 0 saturated carbocycles.